The molecular formula is C18H16ClN3O2. The highest BCUT2D eigenvalue weighted by Crippen LogP contribution is 2.20. The van der Waals surface area contributed by atoms with Crippen LogP contribution in [0.4, 0.5) is 5.69 Å². The number of hydrogen-bond donors (Lipinski definition) is 2. The van der Waals surface area contributed by atoms with Crippen molar-refractivity contribution in [2.24, 2.45) is 0 Å². The van der Waals surface area contributed by atoms with Crippen molar-refractivity contribution in [3.05, 3.63) is 64.2 Å². The van der Waals surface area contributed by atoms with Crippen molar-refractivity contribution in [2.75, 3.05) is 11.9 Å². The fourth-order valence-corrected chi connectivity index (χ4v) is 2.31. The summed E-state index contributed by atoms with van der Waals surface area (Å²) in [5.74, 6) is -0.465. The lowest BCUT2D eigenvalue weighted by molar-refractivity contribution is -0.116. The number of hydrogen-bond acceptors (Lipinski definition) is 3. The number of carbonyl (C=O) groups is 2. The second-order valence-corrected chi connectivity index (χ2v) is 5.64. The first kappa shape index (κ1) is 17.5. The molecule has 0 saturated carbocycles. The zero-order valence-corrected chi connectivity index (χ0v) is 13.9. The Labute approximate surface area is 145 Å². The quantitative estimate of drug-likeness (QED) is 0.875. The standard InChI is InChI=1S/C18H16ClN3O2/c1-12-3-2-4-13(9-12)18(24)21-8-7-17(23)22-15-6-5-14(11-20)16(19)10-15/h2-6,9-10H,7-8H2,1H3,(H,21,24)(H,22,23). The van der Waals surface area contributed by atoms with Gasteiger partial charge in [-0.15, -0.1) is 0 Å². The molecule has 2 amide bonds. The molecule has 2 rings (SSSR count). The van der Waals surface area contributed by atoms with Crippen molar-refractivity contribution in [1.82, 2.24) is 5.32 Å². The molecule has 0 spiro atoms. The number of nitriles is 1. The van der Waals surface area contributed by atoms with Crippen LogP contribution in [0.5, 0.6) is 0 Å². The maximum atomic E-state index is 12.0. The van der Waals surface area contributed by atoms with E-state index in [0.29, 0.717) is 16.8 Å². The molecule has 0 atom stereocenters. The molecule has 0 aliphatic carbocycles. The first-order chi connectivity index (χ1) is 11.5. The molecule has 0 aliphatic rings. The molecule has 122 valence electrons. The monoisotopic (exact) mass is 341 g/mol. The summed E-state index contributed by atoms with van der Waals surface area (Å²) in [6, 6.07) is 13.8. The van der Waals surface area contributed by atoms with Crippen molar-refractivity contribution in [3.8, 4) is 6.07 Å². The number of anilines is 1. The Morgan fingerprint density at radius 1 is 1.21 bits per heavy atom. The van der Waals surface area contributed by atoms with Gasteiger partial charge in [-0.2, -0.15) is 5.26 Å². The van der Waals surface area contributed by atoms with Gasteiger partial charge >= 0.3 is 0 Å². The van der Waals surface area contributed by atoms with Crippen molar-refractivity contribution >= 4 is 29.1 Å². The van der Waals surface area contributed by atoms with Crippen molar-refractivity contribution in [1.29, 1.82) is 5.26 Å². The zero-order chi connectivity index (χ0) is 17.5. The summed E-state index contributed by atoms with van der Waals surface area (Å²) in [6.45, 7) is 2.13. The van der Waals surface area contributed by atoms with E-state index >= 15 is 0 Å². The summed E-state index contributed by atoms with van der Waals surface area (Å²) in [4.78, 5) is 23.8. The van der Waals surface area contributed by atoms with Crippen molar-refractivity contribution in [3.63, 3.8) is 0 Å². The van der Waals surface area contributed by atoms with Gasteiger partial charge < -0.3 is 10.6 Å². The first-order valence-electron chi connectivity index (χ1n) is 7.34. The average molecular weight is 342 g/mol. The van der Waals surface area contributed by atoms with Crippen LogP contribution < -0.4 is 10.6 Å². The van der Waals surface area contributed by atoms with Gasteiger partial charge in [0, 0.05) is 24.2 Å². The molecule has 0 aliphatic heterocycles. The molecule has 0 aromatic heterocycles. The van der Waals surface area contributed by atoms with Crippen LogP contribution in [0.2, 0.25) is 5.02 Å². The Kier molecular flexibility index (Phi) is 5.94. The molecule has 5 nitrogen and oxygen atoms in total. The van der Waals surface area contributed by atoms with Crippen LogP contribution >= 0.6 is 11.6 Å². The second kappa shape index (κ2) is 8.14. The molecule has 2 aromatic carbocycles. The molecule has 0 saturated heterocycles. The third-order valence-electron chi connectivity index (χ3n) is 3.29. The SMILES string of the molecule is Cc1cccc(C(=O)NCCC(=O)Nc2ccc(C#N)c(Cl)c2)c1. The van der Waals surface area contributed by atoms with Gasteiger partial charge in [0.2, 0.25) is 5.91 Å². The highest BCUT2D eigenvalue weighted by molar-refractivity contribution is 6.32. The fraction of sp³-hybridized carbons (Fsp3) is 0.167. The van der Waals surface area contributed by atoms with Crippen LogP contribution in [0.15, 0.2) is 42.5 Å². The molecule has 2 aromatic rings. The minimum absolute atomic E-state index is 0.134. The number of halogens is 1. The Morgan fingerprint density at radius 3 is 2.67 bits per heavy atom. The van der Waals surface area contributed by atoms with E-state index in [1.165, 1.54) is 12.1 Å². The van der Waals surface area contributed by atoms with E-state index in [1.807, 2.05) is 25.1 Å². The molecule has 2 N–H and O–H groups in total. The number of nitrogens with zero attached hydrogens (tertiary/aromatic N) is 1. The molecule has 0 fully saturated rings. The van der Waals surface area contributed by atoms with Crippen LogP contribution in [0.3, 0.4) is 0 Å². The first-order valence-corrected chi connectivity index (χ1v) is 7.72. The molecule has 24 heavy (non-hydrogen) atoms. The van der Waals surface area contributed by atoms with Crippen LogP contribution in [-0.4, -0.2) is 18.4 Å². The van der Waals surface area contributed by atoms with Crippen molar-refractivity contribution < 1.29 is 9.59 Å². The predicted molar refractivity (Wildman–Crippen MR) is 92.9 cm³/mol. The van der Waals surface area contributed by atoms with E-state index in [-0.39, 0.29) is 29.8 Å². The van der Waals surface area contributed by atoms with Gasteiger partial charge in [-0.1, -0.05) is 29.3 Å². The smallest absolute Gasteiger partial charge is 0.251 e. The number of nitrogens with one attached hydrogen (secondary N) is 2. The normalized spacial score (nSPS) is 9.88. The number of aryl methyl sites for hydroxylation is 1. The Bertz CT molecular complexity index is 812. The summed E-state index contributed by atoms with van der Waals surface area (Å²) in [6.07, 6.45) is 0.134. The fourth-order valence-electron chi connectivity index (χ4n) is 2.08. The minimum atomic E-state index is -0.250. The molecule has 0 heterocycles. The van der Waals surface area contributed by atoms with E-state index in [0.717, 1.165) is 5.56 Å². The van der Waals surface area contributed by atoms with Gasteiger partial charge in [-0.25, -0.2) is 0 Å². The lowest BCUT2D eigenvalue weighted by atomic mass is 10.1. The summed E-state index contributed by atoms with van der Waals surface area (Å²) in [5.41, 5.74) is 2.42. The minimum Gasteiger partial charge on any atom is -0.352 e. The average Bonchev–Trinajstić information content (AvgIpc) is 2.55. The second-order valence-electron chi connectivity index (χ2n) is 5.23. The van der Waals surface area contributed by atoms with Crippen LogP contribution in [0, 0.1) is 18.3 Å². The van der Waals surface area contributed by atoms with Gasteiger partial charge in [0.15, 0.2) is 0 Å². The third kappa shape index (κ3) is 4.83. The van der Waals surface area contributed by atoms with Gasteiger partial charge in [0.25, 0.3) is 5.91 Å². The lowest BCUT2D eigenvalue weighted by Gasteiger charge is -2.08. The maximum Gasteiger partial charge on any atom is 0.251 e. The highest BCUT2D eigenvalue weighted by atomic mass is 35.5. The molecule has 0 bridgehead atoms. The van der Waals surface area contributed by atoms with E-state index in [2.05, 4.69) is 10.6 Å². The number of benzene rings is 2. The van der Waals surface area contributed by atoms with E-state index in [1.54, 1.807) is 18.2 Å². The zero-order valence-electron chi connectivity index (χ0n) is 13.1. The van der Waals surface area contributed by atoms with Crippen LogP contribution in [0.25, 0.3) is 0 Å². The Balaban J connectivity index is 1.82. The maximum absolute atomic E-state index is 12.0. The van der Waals surface area contributed by atoms with Crippen LogP contribution in [0.1, 0.15) is 27.9 Å². The summed E-state index contributed by atoms with van der Waals surface area (Å²) in [5, 5.41) is 14.5. The lowest BCUT2D eigenvalue weighted by Crippen LogP contribution is -2.27. The van der Waals surface area contributed by atoms with Crippen molar-refractivity contribution in [2.45, 2.75) is 13.3 Å². The molecular weight excluding hydrogens is 326 g/mol. The van der Waals surface area contributed by atoms with E-state index in [4.69, 9.17) is 16.9 Å². The Morgan fingerprint density at radius 2 is 2.00 bits per heavy atom. The topological polar surface area (TPSA) is 82.0 Å². The van der Waals surface area contributed by atoms with Gasteiger partial charge in [-0.05, 0) is 37.3 Å². The number of carbonyl (C=O) groups excluding carboxylic acids is 2. The summed E-state index contributed by atoms with van der Waals surface area (Å²) >= 11 is 5.91. The van der Waals surface area contributed by atoms with Crippen LogP contribution in [-0.2, 0) is 4.79 Å². The molecule has 6 heteroatoms. The predicted octanol–water partition coefficient (Wildman–Crippen LogP) is 3.28. The number of amides is 2. The Hall–Kier alpha value is -2.84. The van der Waals surface area contributed by atoms with Gasteiger partial charge in [0.1, 0.15) is 6.07 Å². The largest absolute Gasteiger partial charge is 0.352 e. The molecule has 0 radical (unpaired) electrons. The van der Waals surface area contributed by atoms with E-state index < -0.39 is 0 Å². The van der Waals surface area contributed by atoms with Gasteiger partial charge in [-0.3, -0.25) is 9.59 Å². The summed E-state index contributed by atoms with van der Waals surface area (Å²) < 4.78 is 0. The number of rotatable bonds is 5. The molecule has 0 unspecified atom stereocenters. The third-order valence-corrected chi connectivity index (χ3v) is 3.60. The highest BCUT2D eigenvalue weighted by Gasteiger charge is 2.08. The van der Waals surface area contributed by atoms with E-state index in [9.17, 15) is 9.59 Å². The summed E-state index contributed by atoms with van der Waals surface area (Å²) in [7, 11) is 0. The van der Waals surface area contributed by atoms with Gasteiger partial charge in [0.05, 0.1) is 10.6 Å².